The Morgan fingerprint density at radius 2 is 2.04 bits per heavy atom. The molecule has 2 N–H and O–H groups in total. The molecule has 0 aliphatic carbocycles. The highest BCUT2D eigenvalue weighted by molar-refractivity contribution is 5.75. The van der Waals surface area contributed by atoms with Crippen LogP contribution in [0.1, 0.15) is 11.8 Å². The van der Waals surface area contributed by atoms with Gasteiger partial charge in [0.15, 0.2) is 0 Å². The fourth-order valence-corrected chi connectivity index (χ4v) is 2.68. The quantitative estimate of drug-likeness (QED) is 0.810. The molecule has 0 saturated carbocycles. The van der Waals surface area contributed by atoms with Gasteiger partial charge in [-0.25, -0.2) is 4.79 Å². The summed E-state index contributed by atoms with van der Waals surface area (Å²) >= 11 is 0. The van der Waals surface area contributed by atoms with E-state index in [0.29, 0.717) is 24.6 Å². The van der Waals surface area contributed by atoms with Gasteiger partial charge >= 0.3 is 6.03 Å². The van der Waals surface area contributed by atoms with Crippen LogP contribution in [0.5, 0.6) is 11.5 Å². The van der Waals surface area contributed by atoms with Gasteiger partial charge in [-0.3, -0.25) is 10.3 Å². The molecule has 1 aromatic heterocycles. The van der Waals surface area contributed by atoms with Crippen molar-refractivity contribution in [2.45, 2.75) is 6.23 Å². The number of urea groups is 1. The smallest absolute Gasteiger partial charge is 0.320 e. The first-order chi connectivity index (χ1) is 12.3. The van der Waals surface area contributed by atoms with Crippen molar-refractivity contribution in [2.75, 3.05) is 33.3 Å². The minimum atomic E-state index is -0.678. The van der Waals surface area contributed by atoms with Crippen molar-refractivity contribution >= 4 is 6.03 Å². The lowest BCUT2D eigenvalue weighted by Crippen LogP contribution is -2.51. The number of amides is 2. The maximum Gasteiger partial charge on any atom is 0.320 e. The lowest BCUT2D eigenvalue weighted by molar-refractivity contribution is 0.138. The standard InChI is InChI=1S/C18H22N4O3/c1-24-16-7-3-2-6-15(16)17(25-14-5-4-8-20-13-14)21-18(23)22-11-9-19-10-12-22/h2-8,13,17,19H,9-12H2,1H3,(H,21,23). The van der Waals surface area contributed by atoms with E-state index in [2.05, 4.69) is 15.6 Å². The largest absolute Gasteiger partial charge is 0.496 e. The monoisotopic (exact) mass is 342 g/mol. The fraction of sp³-hybridized carbons (Fsp3) is 0.333. The molecule has 132 valence electrons. The predicted octanol–water partition coefficient (Wildman–Crippen LogP) is 1.78. The molecule has 3 rings (SSSR count). The van der Waals surface area contributed by atoms with Crippen LogP contribution in [0.15, 0.2) is 48.8 Å². The molecule has 1 aromatic carbocycles. The van der Waals surface area contributed by atoms with Crippen molar-refractivity contribution in [2.24, 2.45) is 0 Å². The van der Waals surface area contributed by atoms with E-state index in [1.165, 1.54) is 0 Å². The van der Waals surface area contributed by atoms with Crippen LogP contribution >= 0.6 is 0 Å². The second kappa shape index (κ2) is 8.34. The number of hydrogen-bond acceptors (Lipinski definition) is 5. The molecular weight excluding hydrogens is 320 g/mol. The van der Waals surface area contributed by atoms with Gasteiger partial charge in [-0.1, -0.05) is 12.1 Å². The third kappa shape index (κ3) is 4.39. The van der Waals surface area contributed by atoms with Gasteiger partial charge in [0.2, 0.25) is 6.23 Å². The molecule has 0 spiro atoms. The Morgan fingerprint density at radius 1 is 1.24 bits per heavy atom. The minimum Gasteiger partial charge on any atom is -0.496 e. The summed E-state index contributed by atoms with van der Waals surface area (Å²) in [6.07, 6.45) is 2.60. The number of nitrogens with zero attached hydrogens (tertiary/aromatic N) is 2. The number of carbonyl (C=O) groups is 1. The van der Waals surface area contributed by atoms with Crippen LogP contribution in [0.2, 0.25) is 0 Å². The van der Waals surface area contributed by atoms with Crippen LogP contribution in [0, 0.1) is 0 Å². The summed E-state index contributed by atoms with van der Waals surface area (Å²) in [6.45, 7) is 2.90. The Bertz CT molecular complexity index is 690. The molecule has 0 bridgehead atoms. The number of hydrogen-bond donors (Lipinski definition) is 2. The highest BCUT2D eigenvalue weighted by Gasteiger charge is 2.24. The van der Waals surface area contributed by atoms with E-state index in [1.807, 2.05) is 24.3 Å². The third-order valence-corrected chi connectivity index (χ3v) is 3.97. The number of carbonyl (C=O) groups excluding carboxylic acids is 1. The summed E-state index contributed by atoms with van der Waals surface area (Å²) in [4.78, 5) is 18.4. The van der Waals surface area contributed by atoms with E-state index in [-0.39, 0.29) is 6.03 Å². The Labute approximate surface area is 147 Å². The number of benzene rings is 1. The van der Waals surface area contributed by atoms with Crippen molar-refractivity contribution < 1.29 is 14.3 Å². The first-order valence-corrected chi connectivity index (χ1v) is 8.23. The van der Waals surface area contributed by atoms with Crippen molar-refractivity contribution in [3.8, 4) is 11.5 Å². The third-order valence-electron chi connectivity index (χ3n) is 3.97. The van der Waals surface area contributed by atoms with Gasteiger partial charge in [0.05, 0.1) is 18.9 Å². The summed E-state index contributed by atoms with van der Waals surface area (Å²) in [5.41, 5.74) is 0.748. The molecule has 1 atom stereocenters. The Kier molecular flexibility index (Phi) is 5.69. The molecule has 1 aliphatic heterocycles. The van der Waals surface area contributed by atoms with E-state index >= 15 is 0 Å². The van der Waals surface area contributed by atoms with Gasteiger partial charge in [0, 0.05) is 32.4 Å². The van der Waals surface area contributed by atoms with Crippen molar-refractivity contribution in [1.29, 1.82) is 0 Å². The number of pyridine rings is 1. The highest BCUT2D eigenvalue weighted by atomic mass is 16.5. The van der Waals surface area contributed by atoms with Gasteiger partial charge in [-0.05, 0) is 24.3 Å². The number of rotatable bonds is 5. The Morgan fingerprint density at radius 3 is 2.76 bits per heavy atom. The molecular formula is C18H22N4O3. The molecule has 25 heavy (non-hydrogen) atoms. The second-order valence-electron chi connectivity index (χ2n) is 5.62. The Hall–Kier alpha value is -2.80. The number of para-hydroxylation sites is 1. The molecule has 1 unspecified atom stereocenters. The highest BCUT2D eigenvalue weighted by Crippen LogP contribution is 2.27. The summed E-state index contributed by atoms with van der Waals surface area (Å²) in [5.74, 6) is 1.22. The number of ether oxygens (including phenoxy) is 2. The molecule has 1 aliphatic rings. The summed E-state index contributed by atoms with van der Waals surface area (Å²) in [6, 6.07) is 10.9. The van der Waals surface area contributed by atoms with Crippen LogP contribution in [0.3, 0.4) is 0 Å². The number of piperazine rings is 1. The van der Waals surface area contributed by atoms with E-state index in [0.717, 1.165) is 18.7 Å². The maximum absolute atomic E-state index is 12.6. The number of methoxy groups -OCH3 is 1. The Balaban J connectivity index is 1.82. The van der Waals surface area contributed by atoms with E-state index in [9.17, 15) is 4.79 Å². The van der Waals surface area contributed by atoms with Crippen LogP contribution in [-0.2, 0) is 0 Å². The van der Waals surface area contributed by atoms with Gasteiger partial charge in [-0.15, -0.1) is 0 Å². The zero-order valence-electron chi connectivity index (χ0n) is 14.1. The lowest BCUT2D eigenvalue weighted by atomic mass is 10.1. The second-order valence-corrected chi connectivity index (χ2v) is 5.62. The van der Waals surface area contributed by atoms with Crippen molar-refractivity contribution in [3.63, 3.8) is 0 Å². The SMILES string of the molecule is COc1ccccc1C(NC(=O)N1CCNCC1)Oc1cccnc1. The topological polar surface area (TPSA) is 75.7 Å². The van der Waals surface area contributed by atoms with E-state index in [4.69, 9.17) is 9.47 Å². The minimum absolute atomic E-state index is 0.165. The summed E-state index contributed by atoms with van der Waals surface area (Å²) in [5, 5.41) is 6.19. The van der Waals surface area contributed by atoms with Crippen molar-refractivity contribution in [3.05, 3.63) is 54.4 Å². The van der Waals surface area contributed by atoms with E-state index < -0.39 is 6.23 Å². The van der Waals surface area contributed by atoms with Crippen LogP contribution in [0.25, 0.3) is 0 Å². The number of aromatic nitrogens is 1. The maximum atomic E-state index is 12.6. The van der Waals surface area contributed by atoms with Gasteiger partial charge in [0.25, 0.3) is 0 Å². The van der Waals surface area contributed by atoms with Crippen LogP contribution in [-0.4, -0.2) is 49.2 Å². The molecule has 2 amide bonds. The van der Waals surface area contributed by atoms with Gasteiger partial charge < -0.3 is 19.7 Å². The summed E-state index contributed by atoms with van der Waals surface area (Å²) < 4.78 is 11.4. The molecule has 0 radical (unpaired) electrons. The normalized spacial score (nSPS) is 15.3. The molecule has 2 heterocycles. The molecule has 1 saturated heterocycles. The average Bonchev–Trinajstić information content (AvgIpc) is 2.69. The average molecular weight is 342 g/mol. The first-order valence-electron chi connectivity index (χ1n) is 8.23. The lowest BCUT2D eigenvalue weighted by Gasteiger charge is -2.30. The van der Waals surface area contributed by atoms with Crippen LogP contribution in [0.4, 0.5) is 4.79 Å². The van der Waals surface area contributed by atoms with Crippen LogP contribution < -0.4 is 20.1 Å². The van der Waals surface area contributed by atoms with Crippen molar-refractivity contribution in [1.82, 2.24) is 20.5 Å². The van der Waals surface area contributed by atoms with Gasteiger partial charge in [0.1, 0.15) is 11.5 Å². The fourth-order valence-electron chi connectivity index (χ4n) is 2.68. The number of nitrogens with one attached hydrogen (secondary N) is 2. The molecule has 7 nitrogen and oxygen atoms in total. The first kappa shape index (κ1) is 17.0. The summed E-state index contributed by atoms with van der Waals surface area (Å²) in [7, 11) is 1.60. The molecule has 2 aromatic rings. The molecule has 1 fully saturated rings. The predicted molar refractivity (Wildman–Crippen MR) is 93.6 cm³/mol. The zero-order chi connectivity index (χ0) is 17.5. The van der Waals surface area contributed by atoms with Gasteiger partial charge in [-0.2, -0.15) is 0 Å². The molecule has 7 heteroatoms. The zero-order valence-corrected chi connectivity index (χ0v) is 14.1. The van der Waals surface area contributed by atoms with E-state index in [1.54, 1.807) is 36.5 Å².